The third kappa shape index (κ3) is 3.34. The van der Waals surface area contributed by atoms with Crippen LogP contribution in [0.3, 0.4) is 0 Å². The lowest BCUT2D eigenvalue weighted by Gasteiger charge is -2.07. The number of aryl methyl sites for hydroxylation is 1. The van der Waals surface area contributed by atoms with Gasteiger partial charge in [-0.3, -0.25) is 10.1 Å². The highest BCUT2D eigenvalue weighted by Crippen LogP contribution is 2.33. The molecule has 1 heterocycles. The van der Waals surface area contributed by atoms with Gasteiger partial charge in [-0.25, -0.2) is 4.98 Å². The van der Waals surface area contributed by atoms with Crippen LogP contribution in [0, 0.1) is 10.1 Å². The van der Waals surface area contributed by atoms with Gasteiger partial charge in [0.05, 0.1) is 4.92 Å². The summed E-state index contributed by atoms with van der Waals surface area (Å²) in [7, 11) is 0. The highest BCUT2D eigenvalue weighted by Gasteiger charge is 2.17. The predicted octanol–water partition coefficient (Wildman–Crippen LogP) is 4.05. The molecule has 2 aromatic rings. The Kier molecular flexibility index (Phi) is 4.36. The van der Waals surface area contributed by atoms with Crippen molar-refractivity contribution in [1.29, 1.82) is 0 Å². The van der Waals surface area contributed by atoms with Crippen molar-refractivity contribution in [2.24, 2.45) is 0 Å². The van der Waals surface area contributed by atoms with Gasteiger partial charge >= 0.3 is 5.69 Å². The van der Waals surface area contributed by atoms with Gasteiger partial charge in [-0.2, -0.15) is 4.98 Å². The van der Waals surface area contributed by atoms with Crippen molar-refractivity contribution >= 4 is 28.9 Å². The van der Waals surface area contributed by atoms with E-state index >= 15 is 0 Å². The Labute approximate surface area is 124 Å². The molecular weight excluding hydrogens is 305 g/mol. The summed E-state index contributed by atoms with van der Waals surface area (Å²) in [5.74, 6) is 0.615. The number of aromatic nitrogens is 2. The van der Waals surface area contributed by atoms with Crippen LogP contribution < -0.4 is 4.74 Å². The van der Waals surface area contributed by atoms with E-state index in [-0.39, 0.29) is 22.5 Å². The van der Waals surface area contributed by atoms with Crippen LogP contribution in [0.15, 0.2) is 24.3 Å². The minimum absolute atomic E-state index is 0.000630. The van der Waals surface area contributed by atoms with E-state index in [9.17, 15) is 10.1 Å². The van der Waals surface area contributed by atoms with Gasteiger partial charge in [0.2, 0.25) is 11.6 Å². The van der Waals surface area contributed by atoms with Crippen LogP contribution in [0.5, 0.6) is 11.6 Å². The molecule has 1 aromatic carbocycles. The smallest absolute Gasteiger partial charge is 0.311 e. The molecule has 0 saturated heterocycles. The highest BCUT2D eigenvalue weighted by molar-refractivity contribution is 6.30. The first-order valence-corrected chi connectivity index (χ1v) is 6.40. The molecule has 8 heteroatoms. The Morgan fingerprint density at radius 1 is 1.30 bits per heavy atom. The first kappa shape index (κ1) is 14.5. The molecule has 20 heavy (non-hydrogen) atoms. The lowest BCUT2D eigenvalue weighted by atomic mass is 10.3. The molecule has 0 aliphatic rings. The van der Waals surface area contributed by atoms with Gasteiger partial charge in [0.25, 0.3) is 0 Å². The summed E-state index contributed by atoms with van der Waals surface area (Å²) in [4.78, 5) is 18.5. The van der Waals surface area contributed by atoms with Crippen LogP contribution >= 0.6 is 23.2 Å². The number of hydrogen-bond acceptors (Lipinski definition) is 5. The van der Waals surface area contributed by atoms with Gasteiger partial charge in [0.15, 0.2) is 0 Å². The summed E-state index contributed by atoms with van der Waals surface area (Å²) < 4.78 is 5.41. The van der Waals surface area contributed by atoms with E-state index in [4.69, 9.17) is 27.9 Å². The highest BCUT2D eigenvalue weighted by atomic mass is 35.5. The molecule has 0 bridgehead atoms. The molecule has 0 amide bonds. The van der Waals surface area contributed by atoms with Crippen LogP contribution in [0.2, 0.25) is 10.2 Å². The molecule has 0 unspecified atom stereocenters. The number of nitro benzene ring substituents is 1. The molecule has 0 aliphatic carbocycles. The molecule has 0 saturated carbocycles. The van der Waals surface area contributed by atoms with Crippen molar-refractivity contribution < 1.29 is 9.66 Å². The summed E-state index contributed by atoms with van der Waals surface area (Å²) in [5.41, 5.74) is -0.206. The van der Waals surface area contributed by atoms with E-state index in [0.717, 1.165) is 0 Å². The SMILES string of the molecule is CCc1nc(Cl)cc(Oc2cc(Cl)ccc2[N+](=O)[O-])n1. The normalized spacial score (nSPS) is 10.3. The minimum atomic E-state index is -0.560. The molecule has 0 spiro atoms. The van der Waals surface area contributed by atoms with Gasteiger partial charge in [0.1, 0.15) is 11.0 Å². The van der Waals surface area contributed by atoms with Crippen molar-refractivity contribution in [3.05, 3.63) is 50.4 Å². The lowest BCUT2D eigenvalue weighted by molar-refractivity contribution is -0.385. The third-order valence-electron chi connectivity index (χ3n) is 2.37. The molecule has 0 fully saturated rings. The van der Waals surface area contributed by atoms with Gasteiger partial charge in [-0.1, -0.05) is 30.1 Å². The fourth-order valence-corrected chi connectivity index (χ4v) is 1.84. The monoisotopic (exact) mass is 313 g/mol. The maximum atomic E-state index is 10.9. The molecular formula is C12H9Cl2N3O3. The third-order valence-corrected chi connectivity index (χ3v) is 2.80. The van der Waals surface area contributed by atoms with Gasteiger partial charge in [-0.15, -0.1) is 0 Å². The molecule has 2 rings (SSSR count). The molecule has 0 N–H and O–H groups in total. The Bertz CT molecular complexity index is 664. The Morgan fingerprint density at radius 2 is 2.05 bits per heavy atom. The van der Waals surface area contributed by atoms with Crippen molar-refractivity contribution in [3.8, 4) is 11.6 Å². The van der Waals surface area contributed by atoms with E-state index in [0.29, 0.717) is 17.3 Å². The van der Waals surface area contributed by atoms with E-state index in [2.05, 4.69) is 9.97 Å². The summed E-state index contributed by atoms with van der Waals surface area (Å²) in [6.07, 6.45) is 0.564. The topological polar surface area (TPSA) is 78.2 Å². The Balaban J connectivity index is 2.41. The lowest BCUT2D eigenvalue weighted by Crippen LogP contribution is -1.98. The predicted molar refractivity (Wildman–Crippen MR) is 74.6 cm³/mol. The number of ether oxygens (including phenoxy) is 1. The quantitative estimate of drug-likeness (QED) is 0.483. The van der Waals surface area contributed by atoms with Gasteiger partial charge in [-0.05, 0) is 6.07 Å². The van der Waals surface area contributed by atoms with E-state index < -0.39 is 4.92 Å². The first-order chi connectivity index (χ1) is 9.49. The second kappa shape index (κ2) is 6.02. The average molecular weight is 314 g/mol. The number of hydrogen-bond donors (Lipinski definition) is 0. The number of nitrogens with zero attached hydrogens (tertiary/aromatic N) is 3. The maximum absolute atomic E-state index is 10.9. The molecule has 6 nitrogen and oxygen atoms in total. The fourth-order valence-electron chi connectivity index (χ4n) is 1.49. The first-order valence-electron chi connectivity index (χ1n) is 5.65. The number of nitro groups is 1. The molecule has 0 aliphatic heterocycles. The fraction of sp³-hybridized carbons (Fsp3) is 0.167. The van der Waals surface area contributed by atoms with Gasteiger partial charge < -0.3 is 4.74 Å². The van der Waals surface area contributed by atoms with Crippen molar-refractivity contribution in [1.82, 2.24) is 9.97 Å². The van der Waals surface area contributed by atoms with Crippen molar-refractivity contribution in [3.63, 3.8) is 0 Å². The number of rotatable bonds is 4. The van der Waals surface area contributed by atoms with Crippen LogP contribution in [0.25, 0.3) is 0 Å². The standard InChI is InChI=1S/C12H9Cl2N3O3/c1-2-11-15-10(14)6-12(16-11)20-9-5-7(13)3-4-8(9)17(18)19/h3-6H,2H2,1H3. The van der Waals surface area contributed by atoms with Crippen LogP contribution in [-0.4, -0.2) is 14.9 Å². The van der Waals surface area contributed by atoms with E-state index in [1.165, 1.54) is 24.3 Å². The van der Waals surface area contributed by atoms with Gasteiger partial charge in [0, 0.05) is 29.6 Å². The zero-order chi connectivity index (χ0) is 14.7. The minimum Gasteiger partial charge on any atom is -0.432 e. The van der Waals surface area contributed by atoms with E-state index in [1.54, 1.807) is 0 Å². The summed E-state index contributed by atoms with van der Waals surface area (Å²) in [5, 5.41) is 11.5. The van der Waals surface area contributed by atoms with Crippen LogP contribution in [-0.2, 0) is 6.42 Å². The number of benzene rings is 1. The Morgan fingerprint density at radius 3 is 2.70 bits per heavy atom. The summed E-state index contributed by atoms with van der Waals surface area (Å²) in [6.45, 7) is 1.86. The molecule has 104 valence electrons. The zero-order valence-corrected chi connectivity index (χ0v) is 11.9. The molecule has 1 aromatic heterocycles. The second-order valence-electron chi connectivity index (χ2n) is 3.77. The molecule has 0 atom stereocenters. The van der Waals surface area contributed by atoms with Crippen molar-refractivity contribution in [2.75, 3.05) is 0 Å². The Hall–Kier alpha value is -1.92. The zero-order valence-electron chi connectivity index (χ0n) is 10.3. The summed E-state index contributed by atoms with van der Waals surface area (Å²) >= 11 is 11.7. The largest absolute Gasteiger partial charge is 0.432 e. The van der Waals surface area contributed by atoms with Crippen molar-refractivity contribution in [2.45, 2.75) is 13.3 Å². The maximum Gasteiger partial charge on any atom is 0.311 e. The summed E-state index contributed by atoms with van der Waals surface area (Å²) in [6, 6.07) is 5.41. The van der Waals surface area contributed by atoms with Crippen LogP contribution in [0.1, 0.15) is 12.7 Å². The molecule has 0 radical (unpaired) electrons. The average Bonchev–Trinajstić information content (AvgIpc) is 2.37. The van der Waals surface area contributed by atoms with E-state index in [1.807, 2.05) is 6.92 Å². The van der Waals surface area contributed by atoms with Crippen LogP contribution in [0.4, 0.5) is 5.69 Å². The number of halogens is 2. The second-order valence-corrected chi connectivity index (χ2v) is 4.59.